The lowest BCUT2D eigenvalue weighted by molar-refractivity contribution is -0.139. The molecule has 0 aromatic rings. The molecular weight excluding hydrogens is 156 g/mol. The van der Waals surface area contributed by atoms with Crippen molar-refractivity contribution in [1.82, 2.24) is 0 Å². The number of ether oxygens (including phenoxy) is 1. The minimum atomic E-state index is -0.455. The highest BCUT2D eigenvalue weighted by Crippen LogP contribution is 1.89. The highest BCUT2D eigenvalue weighted by atomic mass is 16.5. The van der Waals surface area contributed by atoms with Crippen LogP contribution in [0.4, 0.5) is 0 Å². The Morgan fingerprint density at radius 3 is 2.25 bits per heavy atom. The molecule has 12 heavy (non-hydrogen) atoms. The van der Waals surface area contributed by atoms with Gasteiger partial charge in [0.15, 0.2) is 0 Å². The second-order valence-corrected chi connectivity index (χ2v) is 1.89. The molecule has 0 saturated carbocycles. The molecule has 0 aliphatic heterocycles. The van der Waals surface area contributed by atoms with E-state index < -0.39 is 5.97 Å². The zero-order chi connectivity index (χ0) is 9.98. The summed E-state index contributed by atoms with van der Waals surface area (Å²) in [5, 5.41) is 8.19. The zero-order valence-electron chi connectivity index (χ0n) is 7.30. The molecule has 0 atom stereocenters. The summed E-state index contributed by atoms with van der Waals surface area (Å²) >= 11 is 0. The molecule has 3 heteroatoms. The third kappa shape index (κ3) is 11.5. The first-order valence-corrected chi connectivity index (χ1v) is 3.32. The van der Waals surface area contributed by atoms with Gasteiger partial charge in [-0.2, -0.15) is 0 Å². The zero-order valence-corrected chi connectivity index (χ0v) is 7.30. The van der Waals surface area contributed by atoms with Crippen LogP contribution in [0.15, 0.2) is 31.0 Å². The molecule has 0 aliphatic rings. The van der Waals surface area contributed by atoms with Gasteiger partial charge in [-0.05, 0) is 6.92 Å². The maximum absolute atomic E-state index is 10.5. The number of aliphatic hydroxyl groups is 1. The van der Waals surface area contributed by atoms with Crippen LogP contribution in [0.3, 0.4) is 0 Å². The average molecular weight is 170 g/mol. The maximum Gasteiger partial charge on any atom is 0.333 e. The molecule has 0 bridgehead atoms. The van der Waals surface area contributed by atoms with E-state index in [0.717, 1.165) is 0 Å². The molecule has 0 amide bonds. The molecule has 0 fully saturated rings. The van der Waals surface area contributed by atoms with Crippen molar-refractivity contribution in [2.75, 3.05) is 13.2 Å². The SMILES string of the molecule is C=C(C)C(=O)OCCO.C=C=C. The first kappa shape index (κ1) is 13.3. The molecule has 3 nitrogen and oxygen atoms in total. The highest BCUT2D eigenvalue weighted by Gasteiger charge is 1.99. The Hall–Kier alpha value is -1.31. The monoisotopic (exact) mass is 170 g/mol. The van der Waals surface area contributed by atoms with E-state index in [1.54, 1.807) is 6.92 Å². The Balaban J connectivity index is 0. The number of hydrogen-bond acceptors (Lipinski definition) is 3. The Bertz CT molecular complexity index is 176. The van der Waals surface area contributed by atoms with Crippen LogP contribution in [-0.2, 0) is 9.53 Å². The van der Waals surface area contributed by atoms with Crippen molar-refractivity contribution in [1.29, 1.82) is 0 Å². The van der Waals surface area contributed by atoms with Gasteiger partial charge in [-0.1, -0.05) is 19.7 Å². The lowest BCUT2D eigenvalue weighted by atomic mass is 10.4. The highest BCUT2D eigenvalue weighted by molar-refractivity contribution is 5.86. The first-order chi connectivity index (χ1) is 5.59. The standard InChI is InChI=1S/C6H10O3.C3H4/c1-5(2)6(8)9-4-3-7;1-3-2/h7H,1,3-4H2,2H3;1-2H2. The summed E-state index contributed by atoms with van der Waals surface area (Å²) in [6, 6.07) is 0. The molecule has 0 unspecified atom stereocenters. The van der Waals surface area contributed by atoms with Gasteiger partial charge in [0.2, 0.25) is 0 Å². The fraction of sp³-hybridized carbons (Fsp3) is 0.333. The topological polar surface area (TPSA) is 46.5 Å². The molecule has 0 radical (unpaired) electrons. The lowest BCUT2D eigenvalue weighted by Gasteiger charge is -1.99. The van der Waals surface area contributed by atoms with Crippen LogP contribution in [0.5, 0.6) is 0 Å². The summed E-state index contributed by atoms with van der Waals surface area (Å²) < 4.78 is 4.46. The van der Waals surface area contributed by atoms with Crippen molar-refractivity contribution >= 4 is 5.97 Å². The van der Waals surface area contributed by atoms with E-state index >= 15 is 0 Å². The summed E-state index contributed by atoms with van der Waals surface area (Å²) in [7, 11) is 0. The van der Waals surface area contributed by atoms with Gasteiger partial charge in [-0.25, -0.2) is 4.79 Å². The summed E-state index contributed by atoms with van der Waals surface area (Å²) in [5.41, 5.74) is 2.60. The van der Waals surface area contributed by atoms with Gasteiger partial charge in [0.25, 0.3) is 0 Å². The van der Waals surface area contributed by atoms with E-state index in [1.807, 2.05) is 0 Å². The van der Waals surface area contributed by atoms with Gasteiger partial charge in [-0.15, -0.1) is 5.73 Å². The molecule has 0 heterocycles. The van der Waals surface area contributed by atoms with Gasteiger partial charge in [0.1, 0.15) is 6.61 Å². The van der Waals surface area contributed by atoms with Crippen molar-refractivity contribution in [2.45, 2.75) is 6.92 Å². The van der Waals surface area contributed by atoms with Crippen LogP contribution in [0.1, 0.15) is 6.92 Å². The van der Waals surface area contributed by atoms with Crippen molar-refractivity contribution in [3.63, 3.8) is 0 Å². The van der Waals surface area contributed by atoms with Crippen LogP contribution >= 0.6 is 0 Å². The fourth-order valence-corrected chi connectivity index (χ4v) is 0.262. The lowest BCUT2D eigenvalue weighted by Crippen LogP contribution is -2.08. The predicted molar refractivity (Wildman–Crippen MR) is 47.6 cm³/mol. The van der Waals surface area contributed by atoms with Crippen molar-refractivity contribution < 1.29 is 14.6 Å². The van der Waals surface area contributed by atoms with Crippen LogP contribution in [0, 0.1) is 0 Å². The number of hydrogen-bond donors (Lipinski definition) is 1. The number of rotatable bonds is 3. The van der Waals surface area contributed by atoms with E-state index in [0.29, 0.717) is 5.57 Å². The normalized spacial score (nSPS) is 7.17. The quantitative estimate of drug-likeness (QED) is 0.391. The first-order valence-electron chi connectivity index (χ1n) is 3.32. The summed E-state index contributed by atoms with van der Waals surface area (Å²) in [5.74, 6) is -0.455. The maximum atomic E-state index is 10.5. The van der Waals surface area contributed by atoms with Crippen LogP contribution < -0.4 is 0 Å². The third-order valence-electron chi connectivity index (χ3n) is 0.673. The molecule has 0 aromatic heterocycles. The van der Waals surface area contributed by atoms with E-state index in [2.05, 4.69) is 30.2 Å². The van der Waals surface area contributed by atoms with Gasteiger partial charge in [0.05, 0.1) is 6.61 Å². The van der Waals surface area contributed by atoms with Gasteiger partial charge < -0.3 is 9.84 Å². The summed E-state index contributed by atoms with van der Waals surface area (Å²) in [6.45, 7) is 11.1. The second kappa shape index (κ2) is 9.69. The van der Waals surface area contributed by atoms with Gasteiger partial charge in [0, 0.05) is 5.57 Å². The molecule has 0 aromatic carbocycles. The van der Waals surface area contributed by atoms with Crippen LogP contribution in [0.25, 0.3) is 0 Å². The minimum absolute atomic E-state index is 0.0473. The van der Waals surface area contributed by atoms with E-state index in [9.17, 15) is 4.79 Å². The van der Waals surface area contributed by atoms with Crippen molar-refractivity contribution in [3.05, 3.63) is 31.0 Å². The smallest absolute Gasteiger partial charge is 0.333 e. The minimum Gasteiger partial charge on any atom is -0.460 e. The van der Waals surface area contributed by atoms with Gasteiger partial charge >= 0.3 is 5.97 Å². The molecule has 0 aliphatic carbocycles. The fourth-order valence-electron chi connectivity index (χ4n) is 0.262. The number of aliphatic hydroxyl groups excluding tert-OH is 1. The molecule has 0 saturated heterocycles. The number of carbonyl (C=O) groups is 1. The summed E-state index contributed by atoms with van der Waals surface area (Å²) in [6.07, 6.45) is 0. The third-order valence-corrected chi connectivity index (χ3v) is 0.673. The van der Waals surface area contributed by atoms with Crippen molar-refractivity contribution in [2.24, 2.45) is 0 Å². The van der Waals surface area contributed by atoms with E-state index in [4.69, 9.17) is 5.11 Å². The predicted octanol–water partition coefficient (Wildman–Crippen LogP) is 1.06. The molecular formula is C9H14O3. The Labute approximate surface area is 72.7 Å². The molecule has 0 rings (SSSR count). The largest absolute Gasteiger partial charge is 0.460 e. The van der Waals surface area contributed by atoms with E-state index in [-0.39, 0.29) is 13.2 Å². The van der Waals surface area contributed by atoms with Crippen LogP contribution in [-0.4, -0.2) is 24.3 Å². The van der Waals surface area contributed by atoms with E-state index in [1.165, 1.54) is 0 Å². The summed E-state index contributed by atoms with van der Waals surface area (Å²) in [4.78, 5) is 10.5. The molecule has 1 N–H and O–H groups in total. The van der Waals surface area contributed by atoms with Crippen LogP contribution in [0.2, 0.25) is 0 Å². The number of esters is 1. The van der Waals surface area contributed by atoms with Gasteiger partial charge in [-0.3, -0.25) is 0 Å². The molecule has 0 spiro atoms. The Kier molecular flexibility index (Phi) is 10.7. The molecule has 68 valence electrons. The average Bonchev–Trinajstić information content (AvgIpc) is 2.01. The Morgan fingerprint density at radius 1 is 1.58 bits per heavy atom. The number of carbonyl (C=O) groups excluding carboxylic acids is 1. The Morgan fingerprint density at radius 2 is 2.00 bits per heavy atom. The second-order valence-electron chi connectivity index (χ2n) is 1.89. The van der Waals surface area contributed by atoms with Crippen molar-refractivity contribution in [3.8, 4) is 0 Å².